The van der Waals surface area contributed by atoms with E-state index in [1.165, 1.54) is 18.3 Å². The lowest BCUT2D eigenvalue weighted by Crippen LogP contribution is -2.37. The van der Waals surface area contributed by atoms with Crippen molar-refractivity contribution in [3.05, 3.63) is 30.6 Å². The summed E-state index contributed by atoms with van der Waals surface area (Å²) in [7, 11) is -2.06. The number of sulfonamides is 1. The molecule has 3 rings (SSSR count). The Labute approximate surface area is 133 Å². The summed E-state index contributed by atoms with van der Waals surface area (Å²) in [4.78, 5) is 19.5. The van der Waals surface area contributed by atoms with Crippen LogP contribution in [0.5, 0.6) is 0 Å². The summed E-state index contributed by atoms with van der Waals surface area (Å²) in [5.41, 5.74) is 1.33. The molecule has 0 atom stereocenters. The zero-order chi connectivity index (χ0) is 16.6. The zero-order valence-corrected chi connectivity index (χ0v) is 13.4. The second-order valence-electron chi connectivity index (χ2n) is 5.12. The number of carbonyl (C=O) groups excluding carboxylic acids is 1. The fourth-order valence-electron chi connectivity index (χ4n) is 2.23. The highest BCUT2D eigenvalue weighted by Gasteiger charge is 2.29. The van der Waals surface area contributed by atoms with E-state index in [0.29, 0.717) is 22.8 Å². The normalized spacial score (nSPS) is 16.3. The molecule has 2 aromatic rings. The topological polar surface area (TPSA) is 104 Å². The third-order valence-corrected chi connectivity index (χ3v) is 5.22. The van der Waals surface area contributed by atoms with Gasteiger partial charge in [0.05, 0.1) is 6.67 Å². The molecule has 0 saturated heterocycles. The molecular weight excluding hydrogens is 318 g/mol. The van der Waals surface area contributed by atoms with E-state index >= 15 is 0 Å². The predicted molar refractivity (Wildman–Crippen MR) is 85.2 cm³/mol. The van der Waals surface area contributed by atoms with E-state index in [1.54, 1.807) is 30.6 Å². The summed E-state index contributed by atoms with van der Waals surface area (Å²) < 4.78 is 26.0. The molecule has 0 radical (unpaired) electrons. The molecule has 0 aliphatic carbocycles. The second-order valence-corrected chi connectivity index (χ2v) is 7.13. The van der Waals surface area contributed by atoms with E-state index in [-0.39, 0.29) is 17.5 Å². The molecular formula is C14H15N5O3S. The van der Waals surface area contributed by atoms with Gasteiger partial charge >= 0.3 is 0 Å². The molecule has 0 spiro atoms. The summed E-state index contributed by atoms with van der Waals surface area (Å²) >= 11 is 0. The largest absolute Gasteiger partial charge is 0.355 e. The van der Waals surface area contributed by atoms with E-state index < -0.39 is 10.0 Å². The number of pyridine rings is 2. The highest BCUT2D eigenvalue weighted by molar-refractivity contribution is 7.89. The van der Waals surface area contributed by atoms with Crippen molar-refractivity contribution in [1.29, 1.82) is 0 Å². The zero-order valence-electron chi connectivity index (χ0n) is 12.6. The molecule has 8 nitrogen and oxygen atoms in total. The Bertz CT molecular complexity index is 882. The Hall–Kier alpha value is -2.52. The van der Waals surface area contributed by atoms with Crippen molar-refractivity contribution in [2.45, 2.75) is 11.8 Å². The maximum Gasteiger partial charge on any atom is 0.248 e. The van der Waals surface area contributed by atoms with Crippen LogP contribution < -0.4 is 10.6 Å². The summed E-state index contributed by atoms with van der Waals surface area (Å²) in [5, 5.41) is 5.54. The van der Waals surface area contributed by atoms with Gasteiger partial charge in [0, 0.05) is 31.9 Å². The molecule has 120 valence electrons. The van der Waals surface area contributed by atoms with E-state index in [9.17, 15) is 13.2 Å². The van der Waals surface area contributed by atoms with E-state index in [2.05, 4.69) is 20.6 Å². The van der Waals surface area contributed by atoms with Crippen LogP contribution in [0, 0.1) is 0 Å². The van der Waals surface area contributed by atoms with Gasteiger partial charge in [0.2, 0.25) is 15.9 Å². The first-order valence-electron chi connectivity index (χ1n) is 6.82. The molecule has 0 unspecified atom stereocenters. The van der Waals surface area contributed by atoms with Crippen LogP contribution in [0.2, 0.25) is 0 Å². The van der Waals surface area contributed by atoms with E-state index in [1.807, 2.05) is 0 Å². The van der Waals surface area contributed by atoms with Crippen molar-refractivity contribution in [3.8, 4) is 11.1 Å². The Morgan fingerprint density at radius 1 is 1.30 bits per heavy atom. The van der Waals surface area contributed by atoms with Gasteiger partial charge in [-0.15, -0.1) is 0 Å². The van der Waals surface area contributed by atoms with Gasteiger partial charge in [0.25, 0.3) is 0 Å². The minimum Gasteiger partial charge on any atom is -0.355 e. The van der Waals surface area contributed by atoms with Gasteiger partial charge in [-0.3, -0.25) is 4.79 Å². The minimum absolute atomic E-state index is 0.127. The number of hydrogen-bond donors (Lipinski definition) is 2. The van der Waals surface area contributed by atoms with Gasteiger partial charge in [-0.2, -0.15) is 4.31 Å². The van der Waals surface area contributed by atoms with Crippen LogP contribution >= 0.6 is 0 Å². The van der Waals surface area contributed by atoms with Gasteiger partial charge in [-0.25, -0.2) is 18.4 Å². The fourth-order valence-corrected chi connectivity index (χ4v) is 3.45. The van der Waals surface area contributed by atoms with Crippen LogP contribution in [-0.4, -0.2) is 42.3 Å². The molecule has 2 N–H and O–H groups in total. The van der Waals surface area contributed by atoms with Crippen molar-refractivity contribution in [3.63, 3.8) is 0 Å². The number of nitrogens with one attached hydrogen (secondary N) is 2. The Morgan fingerprint density at radius 3 is 2.83 bits per heavy atom. The molecule has 23 heavy (non-hydrogen) atoms. The first-order valence-corrected chi connectivity index (χ1v) is 8.26. The summed E-state index contributed by atoms with van der Waals surface area (Å²) in [6.07, 6.45) is 3.12. The first-order chi connectivity index (χ1) is 10.9. The fraction of sp³-hybridized carbons (Fsp3) is 0.214. The quantitative estimate of drug-likeness (QED) is 0.853. The molecule has 2 aromatic heterocycles. The van der Waals surface area contributed by atoms with Crippen molar-refractivity contribution in [2.75, 3.05) is 24.3 Å². The Morgan fingerprint density at radius 2 is 2.09 bits per heavy atom. The van der Waals surface area contributed by atoms with Gasteiger partial charge in [0.1, 0.15) is 16.5 Å². The number of fused-ring (bicyclic) bond motifs is 1. The molecule has 0 aromatic carbocycles. The number of nitrogens with zero attached hydrogens (tertiary/aromatic N) is 3. The second kappa shape index (κ2) is 5.60. The van der Waals surface area contributed by atoms with Gasteiger partial charge in [-0.05, 0) is 23.8 Å². The third-order valence-electron chi connectivity index (χ3n) is 3.41. The van der Waals surface area contributed by atoms with Crippen molar-refractivity contribution in [1.82, 2.24) is 14.3 Å². The van der Waals surface area contributed by atoms with Gasteiger partial charge in [-0.1, -0.05) is 0 Å². The van der Waals surface area contributed by atoms with E-state index in [0.717, 1.165) is 0 Å². The third kappa shape index (κ3) is 2.88. The summed E-state index contributed by atoms with van der Waals surface area (Å²) in [6, 6.07) is 4.95. The molecule has 1 aliphatic heterocycles. The highest BCUT2D eigenvalue weighted by atomic mass is 32.2. The van der Waals surface area contributed by atoms with Crippen molar-refractivity contribution < 1.29 is 13.2 Å². The van der Waals surface area contributed by atoms with Crippen LogP contribution in [-0.2, 0) is 14.8 Å². The SMILES string of the molecule is CC(=O)Nc1cc(-c2cnc3c(c2)S(=O)(=O)N(C)CN3)ccn1. The van der Waals surface area contributed by atoms with Gasteiger partial charge in [0.15, 0.2) is 0 Å². The maximum atomic E-state index is 12.4. The number of anilines is 2. The molecule has 0 fully saturated rings. The van der Waals surface area contributed by atoms with Crippen LogP contribution in [0.25, 0.3) is 11.1 Å². The number of aromatic nitrogens is 2. The monoisotopic (exact) mass is 333 g/mol. The summed E-state index contributed by atoms with van der Waals surface area (Å²) in [6.45, 7) is 1.58. The molecule has 1 aliphatic rings. The van der Waals surface area contributed by atoms with Crippen LogP contribution in [0.4, 0.5) is 11.6 Å². The van der Waals surface area contributed by atoms with Crippen molar-refractivity contribution >= 4 is 27.6 Å². The van der Waals surface area contributed by atoms with Crippen LogP contribution in [0.15, 0.2) is 35.5 Å². The molecule has 1 amide bonds. The average Bonchev–Trinajstić information content (AvgIpc) is 2.51. The van der Waals surface area contributed by atoms with E-state index in [4.69, 9.17) is 0 Å². The lowest BCUT2D eigenvalue weighted by molar-refractivity contribution is -0.114. The summed E-state index contributed by atoms with van der Waals surface area (Å²) in [5.74, 6) is 0.500. The lowest BCUT2D eigenvalue weighted by Gasteiger charge is -2.25. The molecule has 0 saturated carbocycles. The number of rotatable bonds is 2. The predicted octanol–water partition coefficient (Wildman–Crippen LogP) is 1.11. The standard InChI is InChI=1S/C14H15N5O3S/c1-9(20)18-13-6-10(3-4-15-13)11-5-12-14(16-7-11)17-8-19(2)23(12,21)22/h3-7H,8H2,1-2H3,(H,16,17)(H,15,18,20). The molecule has 0 bridgehead atoms. The average molecular weight is 333 g/mol. The lowest BCUT2D eigenvalue weighted by atomic mass is 10.1. The first kappa shape index (κ1) is 15.4. The maximum absolute atomic E-state index is 12.4. The number of amides is 1. The minimum atomic E-state index is -3.56. The Kier molecular flexibility index (Phi) is 3.74. The number of hydrogen-bond acceptors (Lipinski definition) is 6. The molecule has 9 heteroatoms. The smallest absolute Gasteiger partial charge is 0.248 e. The van der Waals surface area contributed by atoms with Crippen LogP contribution in [0.3, 0.4) is 0 Å². The number of carbonyl (C=O) groups is 1. The van der Waals surface area contributed by atoms with Crippen molar-refractivity contribution in [2.24, 2.45) is 0 Å². The Balaban J connectivity index is 2.06. The van der Waals surface area contributed by atoms with Crippen LogP contribution in [0.1, 0.15) is 6.92 Å². The molecule has 3 heterocycles. The highest BCUT2D eigenvalue weighted by Crippen LogP contribution is 2.31. The van der Waals surface area contributed by atoms with Gasteiger partial charge < -0.3 is 10.6 Å².